The zero-order valence-corrected chi connectivity index (χ0v) is 19.3. The van der Waals surface area contributed by atoms with Crippen LogP contribution in [-0.2, 0) is 6.54 Å². The van der Waals surface area contributed by atoms with Gasteiger partial charge in [0.25, 0.3) is 5.91 Å². The summed E-state index contributed by atoms with van der Waals surface area (Å²) in [7, 11) is 0. The van der Waals surface area contributed by atoms with Crippen LogP contribution in [0.2, 0.25) is 0 Å². The molecular weight excluding hydrogens is 419 g/mol. The van der Waals surface area contributed by atoms with Gasteiger partial charge in [-0.2, -0.15) is 5.10 Å². The third-order valence-electron chi connectivity index (χ3n) is 6.10. The second-order valence-electron chi connectivity index (χ2n) is 8.83. The summed E-state index contributed by atoms with van der Waals surface area (Å²) in [6.07, 6.45) is 0. The second-order valence-corrected chi connectivity index (χ2v) is 8.83. The number of hydrogen-bond donors (Lipinski definition) is 0. The number of benzene rings is 2. The van der Waals surface area contributed by atoms with Crippen LogP contribution in [-0.4, -0.2) is 51.7 Å². The fraction of sp³-hybridized carbons (Fsp3) is 0.346. The zero-order chi connectivity index (χ0) is 23.5. The van der Waals surface area contributed by atoms with E-state index in [0.29, 0.717) is 37.8 Å². The predicted molar refractivity (Wildman–Crippen MR) is 126 cm³/mol. The summed E-state index contributed by atoms with van der Waals surface area (Å²) >= 11 is 0. The Morgan fingerprint density at radius 3 is 2.33 bits per heavy atom. The molecule has 0 bridgehead atoms. The van der Waals surface area contributed by atoms with Crippen molar-refractivity contribution in [3.8, 4) is 5.69 Å². The molecule has 33 heavy (non-hydrogen) atoms. The molecule has 1 fully saturated rings. The van der Waals surface area contributed by atoms with Gasteiger partial charge in [0.15, 0.2) is 5.69 Å². The molecule has 1 aliphatic rings. The molecular formula is C26H29FN4O2. The summed E-state index contributed by atoms with van der Waals surface area (Å²) < 4.78 is 15.6. The first-order valence-electron chi connectivity index (χ1n) is 11.3. The van der Waals surface area contributed by atoms with Crippen molar-refractivity contribution in [2.24, 2.45) is 0 Å². The summed E-state index contributed by atoms with van der Waals surface area (Å²) in [5.41, 5.74) is 2.61. The highest BCUT2D eigenvalue weighted by atomic mass is 19.1. The van der Waals surface area contributed by atoms with Crippen LogP contribution < -0.4 is 5.43 Å². The van der Waals surface area contributed by atoms with Gasteiger partial charge in [-0.3, -0.25) is 14.5 Å². The van der Waals surface area contributed by atoms with E-state index in [1.165, 1.54) is 27.9 Å². The van der Waals surface area contributed by atoms with Gasteiger partial charge in [0.2, 0.25) is 5.43 Å². The SMILES string of the molecule is Cc1cc(=O)c(C(=O)N2CCN(Cc3ccc(C(C)C)cc3)CC2)nn1-c1ccccc1F. The maximum Gasteiger partial charge on any atom is 0.278 e. The molecule has 0 atom stereocenters. The quantitative estimate of drug-likeness (QED) is 0.596. The van der Waals surface area contributed by atoms with Crippen LogP contribution in [0.5, 0.6) is 0 Å². The fourth-order valence-corrected chi connectivity index (χ4v) is 4.09. The van der Waals surface area contributed by atoms with Gasteiger partial charge in [-0.1, -0.05) is 50.2 Å². The minimum absolute atomic E-state index is 0.179. The van der Waals surface area contributed by atoms with Crippen LogP contribution >= 0.6 is 0 Å². The Bertz CT molecular complexity index is 1200. The van der Waals surface area contributed by atoms with Crippen LogP contribution in [0.15, 0.2) is 59.4 Å². The molecule has 1 aromatic heterocycles. The van der Waals surface area contributed by atoms with E-state index in [0.717, 1.165) is 6.54 Å². The average molecular weight is 449 g/mol. The first kappa shape index (κ1) is 22.9. The Labute approximate surface area is 193 Å². The van der Waals surface area contributed by atoms with Gasteiger partial charge < -0.3 is 4.90 Å². The van der Waals surface area contributed by atoms with Crippen molar-refractivity contribution in [2.75, 3.05) is 26.2 Å². The van der Waals surface area contributed by atoms with E-state index in [-0.39, 0.29) is 11.4 Å². The Balaban J connectivity index is 1.45. The summed E-state index contributed by atoms with van der Waals surface area (Å²) in [6.45, 7) is 9.30. The Hall–Kier alpha value is -3.32. The number of hydrogen-bond acceptors (Lipinski definition) is 4. The number of amides is 1. The van der Waals surface area contributed by atoms with Crippen molar-refractivity contribution in [2.45, 2.75) is 33.2 Å². The molecule has 0 radical (unpaired) electrons. The first-order valence-corrected chi connectivity index (χ1v) is 11.3. The van der Waals surface area contributed by atoms with E-state index in [9.17, 15) is 14.0 Å². The lowest BCUT2D eigenvalue weighted by atomic mass is 10.0. The molecule has 7 heteroatoms. The van der Waals surface area contributed by atoms with Crippen molar-refractivity contribution < 1.29 is 9.18 Å². The van der Waals surface area contributed by atoms with Crippen LogP contribution in [0.25, 0.3) is 5.69 Å². The highest BCUT2D eigenvalue weighted by Gasteiger charge is 2.26. The molecule has 3 aromatic rings. The number of para-hydroxylation sites is 1. The van der Waals surface area contributed by atoms with Crippen molar-refractivity contribution in [1.82, 2.24) is 19.6 Å². The van der Waals surface area contributed by atoms with E-state index < -0.39 is 17.2 Å². The largest absolute Gasteiger partial charge is 0.335 e. The molecule has 4 rings (SSSR count). The predicted octanol–water partition coefficient (Wildman–Crippen LogP) is 3.76. The number of aryl methyl sites for hydroxylation is 1. The van der Waals surface area contributed by atoms with Crippen LogP contribution in [0.4, 0.5) is 4.39 Å². The minimum Gasteiger partial charge on any atom is -0.335 e. The van der Waals surface area contributed by atoms with E-state index in [2.05, 4.69) is 48.1 Å². The van der Waals surface area contributed by atoms with Crippen molar-refractivity contribution >= 4 is 5.91 Å². The van der Waals surface area contributed by atoms with Gasteiger partial charge in [0, 0.05) is 44.5 Å². The van der Waals surface area contributed by atoms with Gasteiger partial charge in [-0.25, -0.2) is 9.07 Å². The molecule has 0 spiro atoms. The number of rotatable bonds is 5. The van der Waals surface area contributed by atoms with E-state index in [1.807, 2.05) is 0 Å². The molecule has 0 unspecified atom stereocenters. The smallest absolute Gasteiger partial charge is 0.278 e. The van der Waals surface area contributed by atoms with E-state index >= 15 is 0 Å². The topological polar surface area (TPSA) is 58.4 Å². The molecule has 2 aromatic carbocycles. The molecule has 0 aliphatic carbocycles. The molecule has 1 saturated heterocycles. The van der Waals surface area contributed by atoms with Gasteiger partial charge in [0.05, 0.1) is 0 Å². The number of carbonyl (C=O) groups excluding carboxylic acids is 1. The normalized spacial score (nSPS) is 14.6. The fourth-order valence-electron chi connectivity index (χ4n) is 4.09. The number of halogens is 1. The number of nitrogens with zero attached hydrogens (tertiary/aromatic N) is 4. The second kappa shape index (κ2) is 9.67. The standard InChI is InChI=1S/C26H29FN4O2/c1-18(2)21-10-8-20(9-11-21)17-29-12-14-30(15-13-29)26(33)25-24(32)16-19(3)31(28-25)23-7-5-4-6-22(23)27/h4-11,16,18H,12-15,17H2,1-3H3. The highest BCUT2D eigenvalue weighted by molar-refractivity contribution is 5.92. The third kappa shape index (κ3) is 5.03. The summed E-state index contributed by atoms with van der Waals surface area (Å²) in [4.78, 5) is 29.6. The third-order valence-corrected chi connectivity index (χ3v) is 6.10. The molecule has 2 heterocycles. The number of piperazine rings is 1. The summed E-state index contributed by atoms with van der Waals surface area (Å²) in [6, 6.07) is 16.2. The molecule has 6 nitrogen and oxygen atoms in total. The van der Waals surface area contributed by atoms with E-state index in [4.69, 9.17) is 0 Å². The van der Waals surface area contributed by atoms with Crippen LogP contribution in [0, 0.1) is 12.7 Å². The molecule has 1 amide bonds. The lowest BCUT2D eigenvalue weighted by Crippen LogP contribution is -2.49. The van der Waals surface area contributed by atoms with Gasteiger partial charge in [-0.15, -0.1) is 0 Å². The van der Waals surface area contributed by atoms with Crippen molar-refractivity contribution in [3.63, 3.8) is 0 Å². The lowest BCUT2D eigenvalue weighted by Gasteiger charge is -2.34. The van der Waals surface area contributed by atoms with Gasteiger partial charge >= 0.3 is 0 Å². The maximum atomic E-state index is 14.3. The Morgan fingerprint density at radius 2 is 1.70 bits per heavy atom. The molecule has 0 N–H and O–H groups in total. The van der Waals surface area contributed by atoms with Gasteiger partial charge in [0.1, 0.15) is 11.5 Å². The number of carbonyl (C=O) groups is 1. The highest BCUT2D eigenvalue weighted by Crippen LogP contribution is 2.17. The lowest BCUT2D eigenvalue weighted by molar-refractivity contribution is 0.0619. The molecule has 1 aliphatic heterocycles. The minimum atomic E-state index is -0.467. The average Bonchev–Trinajstić information content (AvgIpc) is 2.80. The zero-order valence-electron chi connectivity index (χ0n) is 19.3. The first-order chi connectivity index (χ1) is 15.8. The summed E-state index contributed by atoms with van der Waals surface area (Å²) in [5, 5.41) is 4.25. The van der Waals surface area contributed by atoms with Crippen LogP contribution in [0.3, 0.4) is 0 Å². The number of aromatic nitrogens is 2. The molecule has 172 valence electrons. The van der Waals surface area contributed by atoms with E-state index in [1.54, 1.807) is 30.0 Å². The summed E-state index contributed by atoms with van der Waals surface area (Å²) in [5.74, 6) is -0.372. The van der Waals surface area contributed by atoms with Crippen molar-refractivity contribution in [3.05, 3.63) is 93.2 Å². The Kier molecular flexibility index (Phi) is 6.70. The van der Waals surface area contributed by atoms with Crippen molar-refractivity contribution in [1.29, 1.82) is 0 Å². The van der Waals surface area contributed by atoms with Crippen LogP contribution in [0.1, 0.15) is 47.1 Å². The molecule has 0 saturated carbocycles. The monoisotopic (exact) mass is 448 g/mol. The van der Waals surface area contributed by atoms with Gasteiger partial charge in [-0.05, 0) is 36.1 Å². The maximum absolute atomic E-state index is 14.3. The Morgan fingerprint density at radius 1 is 1.03 bits per heavy atom.